The minimum atomic E-state index is -1.39. The molecule has 0 aliphatic carbocycles. The molecule has 0 bridgehead atoms. The minimum Gasteiger partial charge on any atom is -0.478 e. The van der Waals surface area contributed by atoms with E-state index in [4.69, 9.17) is 5.11 Å². The summed E-state index contributed by atoms with van der Waals surface area (Å²) in [6, 6.07) is 3.87. The van der Waals surface area contributed by atoms with E-state index in [1.165, 1.54) is 23.0 Å². The maximum Gasteiger partial charge on any atom is 0.340 e. The molecule has 0 saturated heterocycles. The molecule has 1 N–H and O–H groups in total. The second-order valence-corrected chi connectivity index (χ2v) is 3.67. The summed E-state index contributed by atoms with van der Waals surface area (Å²) in [7, 11) is 0. The molecule has 0 aliphatic heterocycles. The maximum atomic E-state index is 13.5. The topological polar surface area (TPSA) is 72.2 Å². The molecule has 0 fully saturated rings. The van der Waals surface area contributed by atoms with Crippen LogP contribution >= 0.6 is 0 Å². The number of aromatic nitrogens is 2. The second-order valence-electron chi connectivity index (χ2n) is 3.67. The Labute approximate surface area is 101 Å². The van der Waals surface area contributed by atoms with Crippen molar-refractivity contribution in [3.63, 3.8) is 0 Å². The lowest BCUT2D eigenvalue weighted by atomic mass is 10.1. The zero-order valence-corrected chi connectivity index (χ0v) is 9.42. The van der Waals surface area contributed by atoms with E-state index in [1.54, 1.807) is 6.92 Å². The van der Waals surface area contributed by atoms with Crippen LogP contribution in [0.25, 0.3) is 5.69 Å². The van der Waals surface area contributed by atoms with Crippen LogP contribution in [0.5, 0.6) is 0 Å². The van der Waals surface area contributed by atoms with E-state index in [9.17, 15) is 14.0 Å². The number of aldehydes is 1. The van der Waals surface area contributed by atoms with Crippen molar-refractivity contribution in [3.05, 3.63) is 47.0 Å². The molecule has 2 rings (SSSR count). The lowest BCUT2D eigenvalue weighted by Gasteiger charge is -2.06. The number of aromatic carboxylic acids is 1. The van der Waals surface area contributed by atoms with Gasteiger partial charge in [0.15, 0.2) is 6.29 Å². The first kappa shape index (κ1) is 12.0. The van der Waals surface area contributed by atoms with Gasteiger partial charge in [-0.05, 0) is 19.1 Å². The van der Waals surface area contributed by atoms with Gasteiger partial charge in [-0.15, -0.1) is 0 Å². The number of carboxylic acids is 1. The third-order valence-corrected chi connectivity index (χ3v) is 2.52. The van der Waals surface area contributed by atoms with Crippen LogP contribution in [0.4, 0.5) is 4.39 Å². The third-order valence-electron chi connectivity index (χ3n) is 2.52. The highest BCUT2D eigenvalue weighted by Crippen LogP contribution is 2.18. The Kier molecular flexibility index (Phi) is 2.93. The average molecular weight is 248 g/mol. The SMILES string of the molecule is Cc1nn(-c2cccc(F)c2C(=O)O)cc1C=O. The lowest BCUT2D eigenvalue weighted by Crippen LogP contribution is -2.08. The van der Waals surface area contributed by atoms with E-state index in [0.717, 1.165) is 6.07 Å². The highest BCUT2D eigenvalue weighted by molar-refractivity contribution is 5.92. The summed E-state index contributed by atoms with van der Waals surface area (Å²) in [5, 5.41) is 13.0. The van der Waals surface area contributed by atoms with E-state index in [2.05, 4.69) is 5.10 Å². The van der Waals surface area contributed by atoms with Crippen molar-refractivity contribution in [1.82, 2.24) is 9.78 Å². The fourth-order valence-corrected chi connectivity index (χ4v) is 1.63. The first-order valence-corrected chi connectivity index (χ1v) is 5.08. The number of rotatable bonds is 3. The summed E-state index contributed by atoms with van der Waals surface area (Å²) in [6.45, 7) is 1.61. The Morgan fingerprint density at radius 3 is 2.78 bits per heavy atom. The molecule has 2 aromatic rings. The number of carboxylic acid groups (broad SMARTS) is 1. The predicted molar refractivity (Wildman–Crippen MR) is 60.6 cm³/mol. The van der Waals surface area contributed by atoms with Gasteiger partial charge in [-0.3, -0.25) is 4.79 Å². The molecule has 0 amide bonds. The Morgan fingerprint density at radius 1 is 1.50 bits per heavy atom. The molecule has 1 heterocycles. The number of nitrogens with zero attached hydrogens (tertiary/aromatic N) is 2. The first-order chi connectivity index (χ1) is 8.54. The van der Waals surface area contributed by atoms with Crippen LogP contribution in [-0.2, 0) is 0 Å². The van der Waals surface area contributed by atoms with Gasteiger partial charge in [0.2, 0.25) is 0 Å². The van der Waals surface area contributed by atoms with E-state index >= 15 is 0 Å². The molecule has 1 aromatic heterocycles. The fraction of sp³-hybridized carbons (Fsp3) is 0.0833. The highest BCUT2D eigenvalue weighted by atomic mass is 19.1. The molecular formula is C12H9FN2O3. The Balaban J connectivity index is 2.66. The van der Waals surface area contributed by atoms with Crippen molar-refractivity contribution in [2.45, 2.75) is 6.92 Å². The van der Waals surface area contributed by atoms with Gasteiger partial charge in [-0.2, -0.15) is 5.10 Å². The molecule has 92 valence electrons. The largest absolute Gasteiger partial charge is 0.478 e. The van der Waals surface area contributed by atoms with Crippen LogP contribution in [0.15, 0.2) is 24.4 Å². The lowest BCUT2D eigenvalue weighted by molar-refractivity contribution is 0.0691. The maximum absolute atomic E-state index is 13.5. The van der Waals surface area contributed by atoms with Crippen LogP contribution in [-0.4, -0.2) is 27.1 Å². The molecule has 1 aromatic carbocycles. The predicted octanol–water partition coefficient (Wildman–Crippen LogP) is 1.83. The molecule has 0 atom stereocenters. The average Bonchev–Trinajstić information content (AvgIpc) is 2.69. The molecule has 0 spiro atoms. The van der Waals surface area contributed by atoms with Crippen LogP contribution < -0.4 is 0 Å². The van der Waals surface area contributed by atoms with Gasteiger partial charge < -0.3 is 5.11 Å². The molecule has 18 heavy (non-hydrogen) atoms. The van der Waals surface area contributed by atoms with Crippen molar-refractivity contribution in [2.24, 2.45) is 0 Å². The Bertz CT molecular complexity index is 634. The van der Waals surface area contributed by atoms with Gasteiger partial charge in [0.05, 0.1) is 16.9 Å². The van der Waals surface area contributed by atoms with Gasteiger partial charge in [0, 0.05) is 6.20 Å². The van der Waals surface area contributed by atoms with Gasteiger partial charge in [-0.1, -0.05) is 6.07 Å². The quantitative estimate of drug-likeness (QED) is 0.841. The third kappa shape index (κ3) is 1.88. The standard InChI is InChI=1S/C12H9FN2O3/c1-7-8(6-16)5-15(14-7)10-4-2-3-9(13)11(10)12(17)18/h2-6H,1H3,(H,17,18). The van der Waals surface area contributed by atoms with Gasteiger partial charge in [0.1, 0.15) is 11.4 Å². The molecule has 0 radical (unpaired) electrons. The molecule has 5 nitrogen and oxygen atoms in total. The summed E-state index contributed by atoms with van der Waals surface area (Å²) >= 11 is 0. The van der Waals surface area contributed by atoms with Crippen molar-refractivity contribution in [2.75, 3.05) is 0 Å². The fourth-order valence-electron chi connectivity index (χ4n) is 1.63. The number of benzene rings is 1. The van der Waals surface area contributed by atoms with E-state index < -0.39 is 17.3 Å². The molecule has 0 unspecified atom stereocenters. The number of aryl methyl sites for hydroxylation is 1. The number of halogens is 1. The van der Waals surface area contributed by atoms with Crippen molar-refractivity contribution < 1.29 is 19.1 Å². The normalized spacial score (nSPS) is 10.3. The van der Waals surface area contributed by atoms with Crippen molar-refractivity contribution in [1.29, 1.82) is 0 Å². The van der Waals surface area contributed by atoms with Gasteiger partial charge in [-0.25, -0.2) is 13.9 Å². The molecule has 0 aliphatic rings. The van der Waals surface area contributed by atoms with Gasteiger partial charge >= 0.3 is 5.97 Å². The summed E-state index contributed by atoms with van der Waals surface area (Å²) in [5.41, 5.74) is 0.386. The van der Waals surface area contributed by atoms with Crippen LogP contribution in [0.2, 0.25) is 0 Å². The van der Waals surface area contributed by atoms with Crippen molar-refractivity contribution >= 4 is 12.3 Å². The van der Waals surface area contributed by atoms with Crippen molar-refractivity contribution in [3.8, 4) is 5.69 Å². The summed E-state index contributed by atoms with van der Waals surface area (Å²) in [5.74, 6) is -2.23. The zero-order chi connectivity index (χ0) is 13.3. The Hall–Kier alpha value is -2.50. The van der Waals surface area contributed by atoms with E-state index in [-0.39, 0.29) is 5.69 Å². The number of carbonyl (C=O) groups is 2. The monoisotopic (exact) mass is 248 g/mol. The first-order valence-electron chi connectivity index (χ1n) is 5.08. The van der Waals surface area contributed by atoms with Crippen LogP contribution in [0.3, 0.4) is 0 Å². The summed E-state index contributed by atoms with van der Waals surface area (Å²) < 4.78 is 14.7. The van der Waals surface area contributed by atoms with E-state index in [1.807, 2.05) is 0 Å². The van der Waals surface area contributed by atoms with E-state index in [0.29, 0.717) is 17.5 Å². The number of hydrogen-bond donors (Lipinski definition) is 1. The molecule has 6 heteroatoms. The number of carbonyl (C=O) groups excluding carboxylic acids is 1. The second kappa shape index (κ2) is 4.40. The van der Waals surface area contributed by atoms with Crippen LogP contribution in [0, 0.1) is 12.7 Å². The zero-order valence-electron chi connectivity index (χ0n) is 9.42. The summed E-state index contributed by atoms with van der Waals surface area (Å²) in [4.78, 5) is 21.7. The molecule has 0 saturated carbocycles. The van der Waals surface area contributed by atoms with Gasteiger partial charge in [0.25, 0.3) is 0 Å². The Morgan fingerprint density at radius 2 is 2.22 bits per heavy atom. The highest BCUT2D eigenvalue weighted by Gasteiger charge is 2.18. The number of hydrogen-bond acceptors (Lipinski definition) is 3. The smallest absolute Gasteiger partial charge is 0.340 e. The summed E-state index contributed by atoms with van der Waals surface area (Å²) in [6.07, 6.45) is 1.97. The molecular weight excluding hydrogens is 239 g/mol. The van der Waals surface area contributed by atoms with Crippen LogP contribution in [0.1, 0.15) is 26.4 Å². The minimum absolute atomic E-state index is 0.0821.